The highest BCUT2D eigenvalue weighted by Gasteiger charge is 2.50. The molecule has 0 aliphatic carbocycles. The van der Waals surface area contributed by atoms with Gasteiger partial charge in [0.2, 0.25) is 0 Å². The minimum absolute atomic E-state index is 0.478. The summed E-state index contributed by atoms with van der Waals surface area (Å²) in [5.74, 6) is -6.19. The van der Waals surface area contributed by atoms with Gasteiger partial charge in [0.25, 0.3) is 0 Å². The van der Waals surface area contributed by atoms with Gasteiger partial charge in [0.05, 0.1) is 29.1 Å². The number of esters is 6. The van der Waals surface area contributed by atoms with Gasteiger partial charge in [-0.3, -0.25) is 24.0 Å². The zero-order chi connectivity index (χ0) is 44.1. The topological polar surface area (TPSA) is 150 Å². The molecule has 0 amide bonds. The SMILES string of the molecule is CCCCC(CCCC)(CCCC)C(=O)OC(=O)CC(O)(CC(=O)OC(=O)C(CCCC)(CCCC)CCCC)C(=O)OC(=O)C(CCCC)(CCCC)CCCC. The molecule has 0 atom stereocenters. The van der Waals surface area contributed by atoms with Crippen LogP contribution >= 0.6 is 0 Å². The predicted octanol–water partition coefficient (Wildman–Crippen LogP) is 12.4. The highest BCUT2D eigenvalue weighted by atomic mass is 16.6. The van der Waals surface area contributed by atoms with Gasteiger partial charge >= 0.3 is 35.8 Å². The predicted molar refractivity (Wildman–Crippen MR) is 231 cm³/mol. The van der Waals surface area contributed by atoms with Crippen molar-refractivity contribution >= 4 is 35.8 Å². The average Bonchev–Trinajstić information content (AvgIpc) is 3.19. The van der Waals surface area contributed by atoms with Gasteiger partial charge in [-0.1, -0.05) is 178 Å². The molecule has 1 N–H and O–H groups in total. The summed E-state index contributed by atoms with van der Waals surface area (Å²) in [6.07, 6.45) is 16.5. The third kappa shape index (κ3) is 18.8. The van der Waals surface area contributed by atoms with Crippen LogP contribution in [0.5, 0.6) is 0 Å². The molecular weight excluding hydrogens is 737 g/mol. The van der Waals surface area contributed by atoms with Crippen molar-refractivity contribution in [2.45, 2.75) is 254 Å². The van der Waals surface area contributed by atoms with Crippen LogP contribution in [0.1, 0.15) is 249 Å². The Hall–Kier alpha value is -2.62. The summed E-state index contributed by atoms with van der Waals surface area (Å²) in [4.78, 5) is 83.7. The standard InChI is InChI=1S/C48H86O10/c1-10-19-28-45(29-20-11-2,30-21-12-3)41(51)56-39(49)37-48(55,44(54)58-43(53)47(34-25-16-7,35-26-17-8)36-27-18-9)38-40(50)57-42(52)46(31-22-13-4,32-23-14-5)33-24-15-6/h55H,10-38H2,1-9H3. The Kier molecular flexibility index (Phi) is 29.0. The molecule has 0 aromatic heterocycles. The number of aliphatic hydroxyl groups is 1. The van der Waals surface area contributed by atoms with E-state index in [9.17, 15) is 33.9 Å². The molecular formula is C48H86O10. The normalized spacial score (nSPS) is 12.3. The maximum absolute atomic E-state index is 14.1. The van der Waals surface area contributed by atoms with E-state index >= 15 is 0 Å². The molecule has 338 valence electrons. The van der Waals surface area contributed by atoms with E-state index in [-0.39, 0.29) is 0 Å². The van der Waals surface area contributed by atoms with Crippen LogP contribution in [0.3, 0.4) is 0 Å². The molecule has 0 aromatic carbocycles. The Morgan fingerprint density at radius 2 is 0.517 bits per heavy atom. The minimum atomic E-state index is -2.95. The van der Waals surface area contributed by atoms with E-state index in [1.54, 1.807) is 0 Å². The molecule has 0 heterocycles. The maximum atomic E-state index is 14.1. The smallest absolute Gasteiger partial charge is 0.347 e. The number of carbonyl (C=O) groups excluding carboxylic acids is 6. The van der Waals surface area contributed by atoms with Crippen LogP contribution in [0.2, 0.25) is 0 Å². The first-order valence-corrected chi connectivity index (χ1v) is 23.6. The summed E-state index contributed by atoms with van der Waals surface area (Å²) < 4.78 is 16.5. The summed E-state index contributed by atoms with van der Waals surface area (Å²) >= 11 is 0. The highest BCUT2D eigenvalue weighted by molar-refractivity contribution is 5.99. The van der Waals surface area contributed by atoms with Crippen LogP contribution in [-0.4, -0.2) is 46.5 Å². The average molecular weight is 823 g/mol. The van der Waals surface area contributed by atoms with Crippen LogP contribution in [0.4, 0.5) is 0 Å². The molecule has 0 unspecified atom stereocenters. The molecule has 0 bridgehead atoms. The molecule has 0 aromatic rings. The fourth-order valence-electron chi connectivity index (χ4n) is 8.15. The van der Waals surface area contributed by atoms with E-state index in [4.69, 9.17) is 14.2 Å². The first-order chi connectivity index (χ1) is 27.6. The number of rotatable bonds is 35. The fourth-order valence-corrected chi connectivity index (χ4v) is 8.15. The lowest BCUT2D eigenvalue weighted by Gasteiger charge is -2.34. The molecule has 10 heteroatoms. The van der Waals surface area contributed by atoms with Crippen molar-refractivity contribution in [3.8, 4) is 0 Å². The van der Waals surface area contributed by atoms with Crippen molar-refractivity contribution in [2.24, 2.45) is 16.2 Å². The van der Waals surface area contributed by atoms with Gasteiger partial charge in [0.1, 0.15) is 0 Å². The third-order valence-electron chi connectivity index (χ3n) is 12.2. The first kappa shape index (κ1) is 55.4. The molecule has 0 saturated heterocycles. The van der Waals surface area contributed by atoms with Crippen LogP contribution < -0.4 is 0 Å². The van der Waals surface area contributed by atoms with E-state index in [2.05, 4.69) is 0 Å². The quantitative estimate of drug-likeness (QED) is 0.0371. The van der Waals surface area contributed by atoms with Crippen molar-refractivity contribution in [1.29, 1.82) is 0 Å². The zero-order valence-electron chi connectivity index (χ0n) is 38.6. The molecule has 10 nitrogen and oxygen atoms in total. The van der Waals surface area contributed by atoms with E-state index in [1.807, 2.05) is 62.3 Å². The molecule has 0 rings (SSSR count). The Labute approximate surface area is 353 Å². The van der Waals surface area contributed by atoms with Crippen LogP contribution in [0, 0.1) is 16.2 Å². The van der Waals surface area contributed by atoms with Crippen LogP contribution in [0.15, 0.2) is 0 Å². The summed E-state index contributed by atoms with van der Waals surface area (Å²) in [7, 11) is 0. The second-order valence-corrected chi connectivity index (χ2v) is 17.4. The van der Waals surface area contributed by atoms with Crippen molar-refractivity contribution in [1.82, 2.24) is 0 Å². The van der Waals surface area contributed by atoms with Gasteiger partial charge in [-0.05, 0) is 57.8 Å². The lowest BCUT2D eigenvalue weighted by molar-refractivity contribution is -0.190. The van der Waals surface area contributed by atoms with Crippen molar-refractivity contribution < 1.29 is 48.1 Å². The Balaban J connectivity index is 7.02. The Morgan fingerprint density at radius 1 is 0.328 bits per heavy atom. The Morgan fingerprint density at radius 3 is 0.707 bits per heavy atom. The van der Waals surface area contributed by atoms with Gasteiger partial charge in [-0.15, -0.1) is 0 Å². The second kappa shape index (κ2) is 30.4. The van der Waals surface area contributed by atoms with Gasteiger partial charge < -0.3 is 19.3 Å². The molecule has 0 radical (unpaired) electrons. The summed E-state index contributed by atoms with van der Waals surface area (Å²) in [6.45, 7) is 18.2. The first-order valence-electron chi connectivity index (χ1n) is 23.6. The lowest BCUT2D eigenvalue weighted by atomic mass is 9.74. The van der Waals surface area contributed by atoms with E-state index in [0.717, 1.165) is 116 Å². The lowest BCUT2D eigenvalue weighted by Crippen LogP contribution is -2.48. The minimum Gasteiger partial charge on any atom is -0.393 e. The van der Waals surface area contributed by atoms with E-state index in [0.29, 0.717) is 57.8 Å². The van der Waals surface area contributed by atoms with Crippen molar-refractivity contribution in [2.75, 3.05) is 0 Å². The van der Waals surface area contributed by atoms with E-state index in [1.165, 1.54) is 0 Å². The summed E-state index contributed by atoms with van der Waals surface area (Å²) in [5, 5.41) is 12.1. The zero-order valence-corrected chi connectivity index (χ0v) is 38.6. The highest BCUT2D eigenvalue weighted by Crippen LogP contribution is 2.41. The number of ether oxygens (including phenoxy) is 3. The molecule has 0 aliphatic rings. The van der Waals surface area contributed by atoms with Crippen LogP contribution in [0.25, 0.3) is 0 Å². The molecule has 58 heavy (non-hydrogen) atoms. The molecule has 0 fully saturated rings. The molecule has 0 aliphatic heterocycles. The monoisotopic (exact) mass is 823 g/mol. The van der Waals surface area contributed by atoms with Gasteiger partial charge in [0, 0.05) is 0 Å². The summed E-state index contributed by atoms with van der Waals surface area (Å²) in [5.41, 5.74) is -5.80. The fraction of sp³-hybridized carbons (Fsp3) is 0.875. The number of unbranched alkanes of at least 4 members (excludes halogenated alkanes) is 9. The third-order valence-corrected chi connectivity index (χ3v) is 12.2. The van der Waals surface area contributed by atoms with Gasteiger partial charge in [0.15, 0.2) is 5.60 Å². The number of carbonyl (C=O) groups is 6. The van der Waals surface area contributed by atoms with E-state index < -0.39 is 70.5 Å². The van der Waals surface area contributed by atoms with Crippen molar-refractivity contribution in [3.05, 3.63) is 0 Å². The number of hydrogen-bond acceptors (Lipinski definition) is 10. The largest absolute Gasteiger partial charge is 0.393 e. The summed E-state index contributed by atoms with van der Waals surface area (Å²) in [6, 6.07) is 0. The van der Waals surface area contributed by atoms with Crippen LogP contribution in [-0.2, 0) is 43.0 Å². The number of hydrogen-bond donors (Lipinski definition) is 1. The molecule has 0 saturated carbocycles. The van der Waals surface area contributed by atoms with Crippen molar-refractivity contribution in [3.63, 3.8) is 0 Å². The second-order valence-electron chi connectivity index (χ2n) is 17.4. The van der Waals surface area contributed by atoms with Gasteiger partial charge in [-0.25, -0.2) is 4.79 Å². The van der Waals surface area contributed by atoms with Gasteiger partial charge in [-0.2, -0.15) is 0 Å². The maximum Gasteiger partial charge on any atom is 0.347 e. The molecule has 0 spiro atoms. The Bertz CT molecular complexity index is 1080.